The van der Waals surface area contributed by atoms with E-state index in [0.29, 0.717) is 10.6 Å². The van der Waals surface area contributed by atoms with Crippen LogP contribution < -0.4 is 11.1 Å². The number of carbonyl (C=O) groups excluding carboxylic acids is 1. The van der Waals surface area contributed by atoms with Gasteiger partial charge in [0.05, 0.1) is 21.6 Å². The van der Waals surface area contributed by atoms with E-state index in [2.05, 4.69) is 22.2 Å². The van der Waals surface area contributed by atoms with Gasteiger partial charge >= 0.3 is 0 Å². The smallest absolute Gasteiger partial charge is 0.267 e. The Balaban J connectivity index is 1.38. The zero-order valence-electron chi connectivity index (χ0n) is 17.9. The van der Waals surface area contributed by atoms with Crippen molar-refractivity contribution in [2.45, 2.75) is 24.1 Å². The number of benzene rings is 1. The number of pyridine rings is 2. The van der Waals surface area contributed by atoms with Gasteiger partial charge in [-0.15, -0.1) is 22.7 Å². The molecule has 166 valence electrons. The predicted molar refractivity (Wildman–Crippen MR) is 140 cm³/mol. The van der Waals surface area contributed by atoms with Gasteiger partial charge in [0.15, 0.2) is 4.34 Å². The van der Waals surface area contributed by atoms with Crippen molar-refractivity contribution < 1.29 is 4.79 Å². The fourth-order valence-corrected chi connectivity index (χ4v) is 6.63. The fourth-order valence-electron chi connectivity index (χ4n) is 3.38. The van der Waals surface area contributed by atoms with Crippen molar-refractivity contribution in [1.82, 2.24) is 15.0 Å². The van der Waals surface area contributed by atoms with E-state index in [9.17, 15) is 4.79 Å². The molecule has 0 radical (unpaired) electrons. The van der Waals surface area contributed by atoms with Gasteiger partial charge in [0.25, 0.3) is 5.91 Å². The van der Waals surface area contributed by atoms with E-state index < -0.39 is 0 Å². The number of amides is 1. The van der Waals surface area contributed by atoms with Gasteiger partial charge in [-0.3, -0.25) is 9.78 Å². The number of unbranched alkanes of at least 4 members (excludes halogenated alkanes) is 1. The maximum absolute atomic E-state index is 13.0. The van der Waals surface area contributed by atoms with Crippen molar-refractivity contribution in [3.63, 3.8) is 0 Å². The Kier molecular flexibility index (Phi) is 6.26. The Morgan fingerprint density at radius 3 is 2.76 bits per heavy atom. The van der Waals surface area contributed by atoms with Gasteiger partial charge < -0.3 is 11.1 Å². The number of nitrogen functional groups attached to an aromatic ring is 1. The lowest BCUT2D eigenvalue weighted by Crippen LogP contribution is -2.11. The number of hydrogen-bond donors (Lipinski definition) is 2. The van der Waals surface area contributed by atoms with Crippen molar-refractivity contribution in [3.05, 3.63) is 59.7 Å². The molecule has 0 fully saturated rings. The molecular weight excluding hydrogens is 470 g/mol. The summed E-state index contributed by atoms with van der Waals surface area (Å²) in [6.45, 7) is 2.19. The number of nitrogens with zero attached hydrogens (tertiary/aromatic N) is 3. The van der Waals surface area contributed by atoms with Gasteiger partial charge in [-0.05, 0) is 48.9 Å². The average Bonchev–Trinajstić information content (AvgIpc) is 3.39. The Morgan fingerprint density at radius 2 is 1.94 bits per heavy atom. The average molecular weight is 492 g/mol. The van der Waals surface area contributed by atoms with Crippen LogP contribution in [-0.4, -0.2) is 26.6 Å². The third-order valence-electron chi connectivity index (χ3n) is 5.13. The zero-order chi connectivity index (χ0) is 22.8. The van der Waals surface area contributed by atoms with Crippen LogP contribution in [0.15, 0.2) is 59.2 Å². The highest BCUT2D eigenvalue weighted by Crippen LogP contribution is 2.35. The standard InChI is InChI=1S/C24H21N5OS3/c1-2-3-12-31-24-29-18-6-4-15(13-19(18)32-24)27-22(30)21-20(25)16-5-7-17(28-23(16)33-21)14-8-10-26-11-9-14/h4-11,13H,2-3,12,25H2,1H3,(H,27,30). The monoisotopic (exact) mass is 491 g/mol. The minimum absolute atomic E-state index is 0.234. The number of nitrogens with one attached hydrogen (secondary N) is 1. The molecule has 4 aromatic heterocycles. The van der Waals surface area contributed by atoms with Gasteiger partial charge in [-0.2, -0.15) is 0 Å². The number of thioether (sulfide) groups is 1. The molecule has 0 spiro atoms. The lowest BCUT2D eigenvalue weighted by atomic mass is 10.1. The first kappa shape index (κ1) is 21.8. The van der Waals surface area contributed by atoms with Crippen LogP contribution in [0.1, 0.15) is 29.4 Å². The second-order valence-corrected chi connectivity index (χ2v) is 10.8. The predicted octanol–water partition coefficient (Wildman–Crippen LogP) is 6.69. The molecule has 0 aliphatic rings. The van der Waals surface area contributed by atoms with Crippen LogP contribution in [0.5, 0.6) is 0 Å². The van der Waals surface area contributed by atoms with E-state index in [-0.39, 0.29) is 5.91 Å². The van der Waals surface area contributed by atoms with Gasteiger partial charge in [-0.25, -0.2) is 9.97 Å². The Labute approximate surface area is 203 Å². The van der Waals surface area contributed by atoms with Gasteiger partial charge in [-0.1, -0.05) is 25.1 Å². The quantitative estimate of drug-likeness (QED) is 0.194. The van der Waals surface area contributed by atoms with Crippen molar-refractivity contribution in [2.24, 2.45) is 0 Å². The largest absolute Gasteiger partial charge is 0.397 e. The van der Waals surface area contributed by atoms with Gasteiger partial charge in [0.2, 0.25) is 0 Å². The molecule has 33 heavy (non-hydrogen) atoms. The summed E-state index contributed by atoms with van der Waals surface area (Å²) < 4.78 is 2.12. The van der Waals surface area contributed by atoms with Crippen LogP contribution in [0, 0.1) is 0 Å². The fraction of sp³-hybridized carbons (Fsp3) is 0.167. The number of hydrogen-bond acceptors (Lipinski definition) is 8. The number of thiazole rings is 1. The van der Waals surface area contributed by atoms with E-state index in [1.165, 1.54) is 24.2 Å². The highest BCUT2D eigenvalue weighted by atomic mass is 32.2. The highest BCUT2D eigenvalue weighted by Gasteiger charge is 2.18. The second kappa shape index (κ2) is 9.46. The summed E-state index contributed by atoms with van der Waals surface area (Å²) in [7, 11) is 0. The number of fused-ring (bicyclic) bond motifs is 2. The molecule has 6 nitrogen and oxygen atoms in total. The van der Waals surface area contributed by atoms with Gasteiger partial charge in [0, 0.05) is 34.8 Å². The molecular formula is C24H21N5OS3. The zero-order valence-corrected chi connectivity index (χ0v) is 20.3. The van der Waals surface area contributed by atoms with E-state index in [1.807, 2.05) is 42.5 Å². The second-order valence-electron chi connectivity index (χ2n) is 7.45. The Bertz CT molecular complexity index is 1450. The lowest BCUT2D eigenvalue weighted by molar-refractivity contribution is 0.103. The molecule has 0 aliphatic heterocycles. The van der Waals surface area contributed by atoms with Crippen LogP contribution in [0.3, 0.4) is 0 Å². The molecule has 5 rings (SSSR count). The van der Waals surface area contributed by atoms with Crippen LogP contribution in [-0.2, 0) is 0 Å². The summed E-state index contributed by atoms with van der Waals surface area (Å²) in [6.07, 6.45) is 5.82. The van der Waals surface area contributed by atoms with Crippen LogP contribution >= 0.6 is 34.4 Å². The van der Waals surface area contributed by atoms with E-state index in [0.717, 1.165) is 47.5 Å². The number of thiophene rings is 1. The molecule has 0 saturated heterocycles. The summed E-state index contributed by atoms with van der Waals surface area (Å²) >= 11 is 4.74. The molecule has 0 bridgehead atoms. The van der Waals surface area contributed by atoms with E-state index in [4.69, 9.17) is 10.7 Å². The minimum atomic E-state index is -0.234. The van der Waals surface area contributed by atoms with E-state index >= 15 is 0 Å². The summed E-state index contributed by atoms with van der Waals surface area (Å²) in [4.78, 5) is 27.7. The molecule has 9 heteroatoms. The number of rotatable bonds is 7. The molecule has 0 aliphatic carbocycles. The van der Waals surface area contributed by atoms with Gasteiger partial charge in [0.1, 0.15) is 9.71 Å². The first-order valence-electron chi connectivity index (χ1n) is 10.6. The molecule has 5 aromatic rings. The third-order valence-corrected chi connectivity index (χ3v) is 8.49. The van der Waals surface area contributed by atoms with Crippen molar-refractivity contribution in [3.8, 4) is 11.3 Å². The molecule has 1 aromatic carbocycles. The number of carbonyl (C=O) groups is 1. The summed E-state index contributed by atoms with van der Waals surface area (Å²) in [5.74, 6) is 0.838. The van der Waals surface area contributed by atoms with E-state index in [1.54, 1.807) is 35.5 Å². The molecule has 0 saturated carbocycles. The lowest BCUT2D eigenvalue weighted by Gasteiger charge is -2.04. The molecule has 0 unspecified atom stereocenters. The molecule has 1 amide bonds. The minimum Gasteiger partial charge on any atom is -0.397 e. The highest BCUT2D eigenvalue weighted by molar-refractivity contribution is 8.01. The topological polar surface area (TPSA) is 93.8 Å². The normalized spacial score (nSPS) is 11.3. The van der Waals surface area contributed by atoms with Crippen molar-refractivity contribution >= 4 is 72.2 Å². The summed E-state index contributed by atoms with van der Waals surface area (Å²) in [5.41, 5.74) is 10.2. The number of nitrogens with two attached hydrogens (primary N) is 1. The maximum Gasteiger partial charge on any atom is 0.267 e. The first-order valence-corrected chi connectivity index (χ1v) is 13.2. The van der Waals surface area contributed by atoms with Crippen molar-refractivity contribution in [2.75, 3.05) is 16.8 Å². The Hall–Kier alpha value is -3.01. The van der Waals surface area contributed by atoms with Crippen molar-refractivity contribution in [1.29, 1.82) is 0 Å². The molecule has 0 atom stereocenters. The Morgan fingerprint density at radius 1 is 1.09 bits per heavy atom. The van der Waals surface area contributed by atoms with Crippen LogP contribution in [0.4, 0.5) is 11.4 Å². The SMILES string of the molecule is CCCCSc1nc2ccc(NC(=O)c3sc4nc(-c5ccncc5)ccc4c3N)cc2s1. The summed E-state index contributed by atoms with van der Waals surface area (Å²) in [5, 5.41) is 3.77. The number of aromatic nitrogens is 3. The number of anilines is 2. The molecule has 4 heterocycles. The van der Waals surface area contributed by atoms with Crippen LogP contribution in [0.25, 0.3) is 31.7 Å². The van der Waals surface area contributed by atoms with Crippen LogP contribution in [0.2, 0.25) is 0 Å². The maximum atomic E-state index is 13.0. The third kappa shape index (κ3) is 4.57. The summed E-state index contributed by atoms with van der Waals surface area (Å²) in [6, 6.07) is 13.4. The molecule has 3 N–H and O–H groups in total. The first-order chi connectivity index (χ1) is 16.1.